The van der Waals surface area contributed by atoms with Gasteiger partial charge >= 0.3 is 6.18 Å². The molecule has 5 nitrogen and oxygen atoms in total. The first-order valence-electron chi connectivity index (χ1n) is 8.86. The molecule has 0 aromatic heterocycles. The molecule has 1 atom stereocenters. The maximum Gasteiger partial charge on any atom is 0.416 e. The summed E-state index contributed by atoms with van der Waals surface area (Å²) in [5.41, 5.74) is 0.101. The first-order chi connectivity index (χ1) is 12.3. The Labute approximate surface area is 176 Å². The number of halogens is 4. The van der Waals surface area contributed by atoms with Gasteiger partial charge in [-0.3, -0.25) is 4.90 Å². The quantitative estimate of drug-likeness (QED) is 0.372. The van der Waals surface area contributed by atoms with Gasteiger partial charge in [0.15, 0.2) is 5.96 Å². The molecular formula is C18H29F3IN5. The second-order valence-corrected chi connectivity index (χ2v) is 6.67. The fourth-order valence-corrected chi connectivity index (χ4v) is 2.85. The van der Waals surface area contributed by atoms with Crippen molar-refractivity contribution in [1.29, 1.82) is 0 Å². The molecule has 154 valence electrons. The maximum absolute atomic E-state index is 12.6. The van der Waals surface area contributed by atoms with E-state index in [1.165, 1.54) is 12.1 Å². The van der Waals surface area contributed by atoms with Crippen LogP contribution in [-0.4, -0.2) is 68.6 Å². The van der Waals surface area contributed by atoms with Crippen LogP contribution in [0.1, 0.15) is 18.1 Å². The topological polar surface area (TPSA) is 42.9 Å². The summed E-state index contributed by atoms with van der Waals surface area (Å²) in [6, 6.07) is 5.53. The van der Waals surface area contributed by atoms with E-state index in [4.69, 9.17) is 0 Å². The van der Waals surface area contributed by atoms with Gasteiger partial charge in [-0.1, -0.05) is 12.1 Å². The van der Waals surface area contributed by atoms with Gasteiger partial charge in [-0.2, -0.15) is 13.2 Å². The molecule has 1 aromatic rings. The molecule has 1 saturated heterocycles. The number of hydrogen-bond acceptors (Lipinski definition) is 3. The number of alkyl halides is 3. The molecule has 2 rings (SSSR count). The van der Waals surface area contributed by atoms with E-state index in [2.05, 4.69) is 39.5 Å². The number of nitrogens with one attached hydrogen (secondary N) is 2. The lowest BCUT2D eigenvalue weighted by molar-refractivity contribution is -0.137. The molecule has 0 aliphatic carbocycles. The van der Waals surface area contributed by atoms with E-state index in [1.54, 1.807) is 0 Å². The number of piperazine rings is 1. The summed E-state index contributed by atoms with van der Waals surface area (Å²) in [4.78, 5) is 9.12. The van der Waals surface area contributed by atoms with Crippen LogP contribution >= 0.6 is 24.0 Å². The van der Waals surface area contributed by atoms with Crippen LogP contribution in [0.5, 0.6) is 0 Å². The second kappa shape index (κ2) is 11.1. The lowest BCUT2D eigenvalue weighted by Gasteiger charge is -2.37. The third-order valence-electron chi connectivity index (χ3n) is 4.53. The van der Waals surface area contributed by atoms with Gasteiger partial charge < -0.3 is 15.5 Å². The summed E-state index contributed by atoms with van der Waals surface area (Å²) in [6.45, 7) is 6.88. The zero-order valence-electron chi connectivity index (χ0n) is 16.0. The van der Waals surface area contributed by atoms with E-state index in [0.29, 0.717) is 18.5 Å². The Bertz CT molecular complexity index is 592. The molecule has 1 fully saturated rings. The van der Waals surface area contributed by atoms with Crippen LogP contribution < -0.4 is 10.6 Å². The predicted molar refractivity (Wildman–Crippen MR) is 114 cm³/mol. The van der Waals surface area contributed by atoms with Gasteiger partial charge in [0.2, 0.25) is 0 Å². The summed E-state index contributed by atoms with van der Waals surface area (Å²) in [6.07, 6.45) is -4.31. The van der Waals surface area contributed by atoms with E-state index in [0.717, 1.165) is 50.4 Å². The van der Waals surface area contributed by atoms with Gasteiger partial charge in [0.05, 0.1) is 12.1 Å². The second-order valence-electron chi connectivity index (χ2n) is 6.67. The van der Waals surface area contributed by atoms with Crippen LogP contribution in [0.15, 0.2) is 29.3 Å². The molecule has 1 aliphatic rings. The molecule has 0 spiro atoms. The third-order valence-corrected chi connectivity index (χ3v) is 4.53. The highest BCUT2D eigenvalue weighted by molar-refractivity contribution is 14.0. The van der Waals surface area contributed by atoms with Gasteiger partial charge in [0.1, 0.15) is 0 Å². The van der Waals surface area contributed by atoms with Gasteiger partial charge in [0, 0.05) is 38.8 Å². The van der Waals surface area contributed by atoms with Crippen molar-refractivity contribution in [3.63, 3.8) is 0 Å². The van der Waals surface area contributed by atoms with Crippen LogP contribution in [-0.2, 0) is 12.7 Å². The van der Waals surface area contributed by atoms with Gasteiger partial charge in [-0.05, 0) is 38.7 Å². The van der Waals surface area contributed by atoms with Crippen LogP contribution in [0.2, 0.25) is 0 Å². The van der Waals surface area contributed by atoms with E-state index >= 15 is 0 Å². The van der Waals surface area contributed by atoms with Gasteiger partial charge in [0.25, 0.3) is 0 Å². The average Bonchev–Trinajstić information content (AvgIpc) is 2.59. The fourth-order valence-electron chi connectivity index (χ4n) is 2.85. The number of nitrogens with zero attached hydrogens (tertiary/aromatic N) is 3. The molecule has 2 N–H and O–H groups in total. The number of hydrogen-bond donors (Lipinski definition) is 2. The fraction of sp³-hybridized carbons (Fsp3) is 0.611. The van der Waals surface area contributed by atoms with Crippen molar-refractivity contribution in [1.82, 2.24) is 20.4 Å². The number of rotatable bonds is 5. The molecule has 1 aromatic carbocycles. The highest BCUT2D eigenvalue weighted by Crippen LogP contribution is 2.29. The summed E-state index contributed by atoms with van der Waals surface area (Å²) in [5, 5.41) is 6.52. The highest BCUT2D eigenvalue weighted by atomic mass is 127. The van der Waals surface area contributed by atoms with E-state index in [-0.39, 0.29) is 24.0 Å². The van der Waals surface area contributed by atoms with Crippen LogP contribution in [0, 0.1) is 0 Å². The van der Waals surface area contributed by atoms with Crippen LogP contribution in [0.3, 0.4) is 0 Å². The zero-order valence-corrected chi connectivity index (χ0v) is 18.3. The molecule has 0 saturated carbocycles. The monoisotopic (exact) mass is 499 g/mol. The number of aliphatic imine (C=N–C) groups is 1. The molecular weight excluding hydrogens is 470 g/mol. The minimum Gasteiger partial charge on any atom is -0.357 e. The van der Waals surface area contributed by atoms with Crippen molar-refractivity contribution in [2.24, 2.45) is 4.99 Å². The molecule has 1 unspecified atom stereocenters. The Morgan fingerprint density at radius 3 is 2.41 bits per heavy atom. The maximum atomic E-state index is 12.6. The van der Waals surface area contributed by atoms with Crippen molar-refractivity contribution in [2.75, 3.05) is 46.8 Å². The van der Waals surface area contributed by atoms with Crippen molar-refractivity contribution >= 4 is 29.9 Å². The number of guanidine groups is 1. The Balaban J connectivity index is 0.00000364. The third kappa shape index (κ3) is 7.82. The largest absolute Gasteiger partial charge is 0.416 e. The molecule has 1 heterocycles. The van der Waals surface area contributed by atoms with E-state index < -0.39 is 11.7 Å². The molecule has 0 amide bonds. The van der Waals surface area contributed by atoms with Crippen molar-refractivity contribution < 1.29 is 13.2 Å². The standard InChI is InChI=1S/C18H28F3N5.HI/c1-4-22-17(24-12-16-13-25(2)9-10-26(16)3)23-11-14-5-7-15(8-6-14)18(19,20)21;/h5-8,16H,4,9-13H2,1-3H3,(H2,22,23,24);1H. The molecule has 0 bridgehead atoms. The Kier molecular flexibility index (Phi) is 9.82. The zero-order chi connectivity index (χ0) is 19.2. The molecule has 1 aliphatic heterocycles. The van der Waals surface area contributed by atoms with Gasteiger partial charge in [-0.25, -0.2) is 4.99 Å². The van der Waals surface area contributed by atoms with E-state index in [1.807, 2.05) is 6.92 Å². The summed E-state index contributed by atoms with van der Waals surface area (Å²) in [5.74, 6) is 0.675. The number of benzene rings is 1. The lowest BCUT2D eigenvalue weighted by atomic mass is 10.1. The molecule has 27 heavy (non-hydrogen) atoms. The normalized spacial score (nSPS) is 19.5. The average molecular weight is 499 g/mol. The van der Waals surface area contributed by atoms with Gasteiger partial charge in [-0.15, -0.1) is 24.0 Å². The molecule has 9 heteroatoms. The Hall–Kier alpha value is -1.07. The first kappa shape index (κ1) is 24.0. The predicted octanol–water partition coefficient (Wildman–Crippen LogP) is 2.62. The highest BCUT2D eigenvalue weighted by Gasteiger charge is 2.29. The summed E-state index contributed by atoms with van der Waals surface area (Å²) >= 11 is 0. The van der Waals surface area contributed by atoms with Crippen LogP contribution in [0.4, 0.5) is 13.2 Å². The first-order valence-corrected chi connectivity index (χ1v) is 8.86. The Morgan fingerprint density at radius 1 is 1.15 bits per heavy atom. The van der Waals surface area contributed by atoms with Crippen molar-refractivity contribution in [3.8, 4) is 0 Å². The Morgan fingerprint density at radius 2 is 1.81 bits per heavy atom. The summed E-state index contributed by atoms with van der Waals surface area (Å²) < 4.78 is 37.8. The SMILES string of the molecule is CCNC(=NCc1ccc(C(F)(F)F)cc1)NCC1CN(C)CCN1C.I. The van der Waals surface area contributed by atoms with E-state index in [9.17, 15) is 13.2 Å². The molecule has 0 radical (unpaired) electrons. The van der Waals surface area contributed by atoms with Crippen molar-refractivity contribution in [3.05, 3.63) is 35.4 Å². The van der Waals surface area contributed by atoms with Crippen molar-refractivity contribution in [2.45, 2.75) is 25.7 Å². The van der Waals surface area contributed by atoms with Crippen LogP contribution in [0.25, 0.3) is 0 Å². The smallest absolute Gasteiger partial charge is 0.357 e. The lowest BCUT2D eigenvalue weighted by Crippen LogP contribution is -2.55. The minimum atomic E-state index is -4.31. The summed E-state index contributed by atoms with van der Waals surface area (Å²) in [7, 11) is 4.23. The number of likely N-dealkylation sites (N-methyl/N-ethyl adjacent to an activating group) is 2. The minimum absolute atomic E-state index is 0.